The minimum Gasteiger partial charge on any atom is -0.384 e. The summed E-state index contributed by atoms with van der Waals surface area (Å²) >= 11 is 0. The maximum absolute atomic E-state index is 12.8. The Kier molecular flexibility index (Phi) is 6.65. The van der Waals surface area contributed by atoms with Crippen molar-refractivity contribution < 1.29 is 9.53 Å². The lowest BCUT2D eigenvalue weighted by Gasteiger charge is -2.26. The van der Waals surface area contributed by atoms with Crippen LogP contribution in [0.3, 0.4) is 0 Å². The Bertz CT molecular complexity index is 789. The summed E-state index contributed by atoms with van der Waals surface area (Å²) in [6.45, 7) is 13.8. The molecule has 0 aliphatic heterocycles. The van der Waals surface area contributed by atoms with E-state index < -0.39 is 5.41 Å². The van der Waals surface area contributed by atoms with Crippen LogP contribution >= 0.6 is 0 Å². The van der Waals surface area contributed by atoms with Crippen molar-refractivity contribution in [2.75, 3.05) is 13.7 Å². The van der Waals surface area contributed by atoms with Gasteiger partial charge in [0.15, 0.2) is 0 Å². The second-order valence-electron chi connectivity index (χ2n) is 7.10. The number of carbonyl (C=O) groups excluding carboxylic acids is 1. The molecule has 26 heavy (non-hydrogen) atoms. The SMILES string of the molecule is [C-]#[N+]c1cncc(-c2ccc(C(C)(C)C(=O)CC(CC)COC)cc2)c1. The molecule has 0 fully saturated rings. The molecule has 0 bridgehead atoms. The first-order valence-corrected chi connectivity index (χ1v) is 8.88. The van der Waals surface area contributed by atoms with E-state index in [-0.39, 0.29) is 11.7 Å². The van der Waals surface area contributed by atoms with Crippen molar-refractivity contribution in [2.45, 2.75) is 39.0 Å². The van der Waals surface area contributed by atoms with Crippen molar-refractivity contribution in [3.8, 4) is 11.1 Å². The number of benzene rings is 1. The van der Waals surface area contributed by atoms with Crippen LogP contribution in [0.2, 0.25) is 0 Å². The number of ketones is 1. The smallest absolute Gasteiger partial charge is 0.205 e. The Morgan fingerprint density at radius 2 is 1.92 bits per heavy atom. The lowest BCUT2D eigenvalue weighted by molar-refractivity contribution is -0.124. The molecule has 0 spiro atoms. The summed E-state index contributed by atoms with van der Waals surface area (Å²) in [5, 5.41) is 0. The topological polar surface area (TPSA) is 43.5 Å². The van der Waals surface area contributed by atoms with Gasteiger partial charge < -0.3 is 4.74 Å². The first-order chi connectivity index (χ1) is 12.4. The Labute approximate surface area is 156 Å². The number of carbonyl (C=O) groups is 1. The molecule has 0 saturated carbocycles. The van der Waals surface area contributed by atoms with Gasteiger partial charge in [-0.3, -0.25) is 9.78 Å². The van der Waals surface area contributed by atoms with Gasteiger partial charge in [-0.15, -0.1) is 0 Å². The predicted octanol–water partition coefficient (Wildman–Crippen LogP) is 5.21. The first-order valence-electron chi connectivity index (χ1n) is 8.88. The molecule has 1 aromatic carbocycles. The number of rotatable bonds is 8. The van der Waals surface area contributed by atoms with Gasteiger partial charge in [0.25, 0.3) is 0 Å². The molecule has 2 aromatic rings. The van der Waals surface area contributed by atoms with Crippen molar-refractivity contribution in [3.05, 3.63) is 59.7 Å². The number of hydrogen-bond donors (Lipinski definition) is 0. The van der Waals surface area contributed by atoms with E-state index in [9.17, 15) is 4.79 Å². The minimum absolute atomic E-state index is 0.228. The van der Waals surface area contributed by atoms with Crippen LogP contribution in [0.1, 0.15) is 39.2 Å². The summed E-state index contributed by atoms with van der Waals surface area (Å²) in [5.74, 6) is 0.485. The number of nitrogens with zero attached hydrogens (tertiary/aromatic N) is 2. The van der Waals surface area contributed by atoms with Crippen LogP contribution in [0.15, 0.2) is 42.7 Å². The second-order valence-corrected chi connectivity index (χ2v) is 7.10. The van der Waals surface area contributed by atoms with Crippen molar-refractivity contribution in [2.24, 2.45) is 5.92 Å². The fourth-order valence-corrected chi connectivity index (χ4v) is 2.96. The summed E-state index contributed by atoms with van der Waals surface area (Å²) < 4.78 is 5.22. The quantitative estimate of drug-likeness (QED) is 0.614. The maximum Gasteiger partial charge on any atom is 0.205 e. The van der Waals surface area contributed by atoms with Crippen molar-refractivity contribution in [1.29, 1.82) is 0 Å². The van der Waals surface area contributed by atoms with Crippen LogP contribution in [-0.2, 0) is 14.9 Å². The molecule has 0 radical (unpaired) electrons. The summed E-state index contributed by atoms with van der Waals surface area (Å²) in [6, 6.07) is 9.79. The molecule has 0 N–H and O–H groups in total. The van der Waals surface area contributed by atoms with Gasteiger partial charge >= 0.3 is 0 Å². The van der Waals surface area contributed by atoms with Crippen molar-refractivity contribution >= 4 is 11.5 Å². The third kappa shape index (κ3) is 4.56. The first kappa shape index (κ1) is 19.8. The molecular weight excluding hydrogens is 324 g/mol. The van der Waals surface area contributed by atoms with E-state index in [0.29, 0.717) is 18.7 Å². The number of ether oxygens (including phenoxy) is 1. The average molecular weight is 350 g/mol. The average Bonchev–Trinajstić information content (AvgIpc) is 2.67. The third-order valence-electron chi connectivity index (χ3n) is 4.94. The highest BCUT2D eigenvalue weighted by Gasteiger charge is 2.30. The molecule has 1 heterocycles. The highest BCUT2D eigenvalue weighted by molar-refractivity contribution is 5.89. The molecular formula is C22H26N2O2. The normalized spacial score (nSPS) is 12.4. The predicted molar refractivity (Wildman–Crippen MR) is 104 cm³/mol. The van der Waals surface area contributed by atoms with Crippen LogP contribution in [0.25, 0.3) is 16.0 Å². The molecule has 136 valence electrons. The number of methoxy groups -OCH3 is 1. The number of Topliss-reactive ketones (excluding diaryl/α,β-unsaturated/α-hetero) is 1. The van der Waals surface area contributed by atoms with Crippen LogP contribution in [-0.4, -0.2) is 24.5 Å². The van der Waals surface area contributed by atoms with Gasteiger partial charge in [0.05, 0.1) is 6.57 Å². The minimum atomic E-state index is -0.545. The third-order valence-corrected chi connectivity index (χ3v) is 4.94. The van der Waals surface area contributed by atoms with Gasteiger partial charge in [0.2, 0.25) is 5.69 Å². The molecule has 4 heteroatoms. The molecule has 1 unspecified atom stereocenters. The zero-order valence-electron chi connectivity index (χ0n) is 16.0. The monoisotopic (exact) mass is 350 g/mol. The van der Waals surface area contributed by atoms with Crippen LogP contribution in [0, 0.1) is 12.5 Å². The van der Waals surface area contributed by atoms with Crippen LogP contribution in [0.4, 0.5) is 5.69 Å². The highest BCUT2D eigenvalue weighted by Crippen LogP contribution is 2.30. The molecule has 0 aliphatic carbocycles. The summed E-state index contributed by atoms with van der Waals surface area (Å²) in [7, 11) is 1.68. The molecule has 0 saturated heterocycles. The number of pyridine rings is 1. The molecule has 1 aromatic heterocycles. The van der Waals surface area contributed by atoms with Gasteiger partial charge in [0.1, 0.15) is 5.78 Å². The fraction of sp³-hybridized carbons (Fsp3) is 0.409. The van der Waals surface area contributed by atoms with E-state index in [1.54, 1.807) is 19.5 Å². The molecule has 4 nitrogen and oxygen atoms in total. The van der Waals surface area contributed by atoms with E-state index in [1.165, 1.54) is 0 Å². The van der Waals surface area contributed by atoms with E-state index in [4.69, 9.17) is 11.3 Å². The number of aromatic nitrogens is 1. The van der Waals surface area contributed by atoms with Gasteiger partial charge in [-0.1, -0.05) is 37.6 Å². The zero-order valence-corrected chi connectivity index (χ0v) is 16.0. The summed E-state index contributed by atoms with van der Waals surface area (Å²) in [6.07, 6.45) is 4.75. The lowest BCUT2D eigenvalue weighted by Crippen LogP contribution is -2.31. The molecule has 0 aliphatic rings. The van der Waals surface area contributed by atoms with Crippen molar-refractivity contribution in [3.63, 3.8) is 0 Å². The van der Waals surface area contributed by atoms with E-state index in [2.05, 4.69) is 16.8 Å². The summed E-state index contributed by atoms with van der Waals surface area (Å²) in [5.41, 5.74) is 2.86. The lowest BCUT2D eigenvalue weighted by atomic mass is 9.77. The molecule has 0 amide bonds. The van der Waals surface area contributed by atoms with Crippen LogP contribution in [0.5, 0.6) is 0 Å². The summed E-state index contributed by atoms with van der Waals surface area (Å²) in [4.78, 5) is 20.4. The maximum atomic E-state index is 12.8. The van der Waals surface area contributed by atoms with Crippen LogP contribution < -0.4 is 0 Å². The van der Waals surface area contributed by atoms with Gasteiger partial charge in [0, 0.05) is 37.9 Å². The Hall–Kier alpha value is -2.51. The van der Waals surface area contributed by atoms with E-state index in [0.717, 1.165) is 23.1 Å². The molecule has 1 atom stereocenters. The Balaban J connectivity index is 2.20. The second kappa shape index (κ2) is 8.73. The van der Waals surface area contributed by atoms with E-state index in [1.807, 2.05) is 44.2 Å². The zero-order chi connectivity index (χ0) is 19.2. The van der Waals surface area contributed by atoms with Gasteiger partial charge in [-0.05, 0) is 42.5 Å². The van der Waals surface area contributed by atoms with E-state index >= 15 is 0 Å². The fourth-order valence-electron chi connectivity index (χ4n) is 2.96. The van der Waals surface area contributed by atoms with Gasteiger partial charge in [-0.2, -0.15) is 0 Å². The van der Waals surface area contributed by atoms with Gasteiger partial charge in [-0.25, -0.2) is 4.85 Å². The number of hydrogen-bond acceptors (Lipinski definition) is 3. The Morgan fingerprint density at radius 3 is 2.50 bits per heavy atom. The molecule has 2 rings (SSSR count). The largest absolute Gasteiger partial charge is 0.384 e. The highest BCUT2D eigenvalue weighted by atomic mass is 16.5. The standard InChI is InChI=1S/C22H26N2O2/c1-6-16(15-26-5)11-21(25)22(2,3)19-9-7-17(8-10-19)18-12-20(23-4)14-24-13-18/h7-10,12-14,16H,6,11,15H2,1-3,5H3. The Morgan fingerprint density at radius 1 is 1.23 bits per heavy atom. The van der Waals surface area contributed by atoms with Crippen molar-refractivity contribution in [1.82, 2.24) is 4.98 Å².